The largest absolute Gasteiger partial charge is 0.224 e. The number of rotatable bonds is 6. The summed E-state index contributed by atoms with van der Waals surface area (Å²) in [6, 6.07) is 5.08. The minimum atomic E-state index is -3.25. The first kappa shape index (κ1) is 16.5. The number of fused-ring (bicyclic) bond motifs is 1. The Balaban J connectivity index is 2.10. The lowest BCUT2D eigenvalue weighted by atomic mass is 10.1. The van der Waals surface area contributed by atoms with Crippen molar-refractivity contribution in [2.45, 2.75) is 44.0 Å². The molecule has 0 bridgehead atoms. The van der Waals surface area contributed by atoms with Crippen molar-refractivity contribution < 1.29 is 16.8 Å². The fourth-order valence-corrected chi connectivity index (χ4v) is 5.18. The van der Waals surface area contributed by atoms with Crippen molar-refractivity contribution in [1.29, 1.82) is 0 Å². The van der Waals surface area contributed by atoms with Crippen molar-refractivity contribution >= 4 is 19.9 Å². The number of unbranched alkanes of at least 4 members (excludes halogenated alkanes) is 1. The summed E-state index contributed by atoms with van der Waals surface area (Å²) in [5, 5.41) is 0. The van der Waals surface area contributed by atoms with E-state index in [1.54, 1.807) is 18.2 Å². The van der Waals surface area contributed by atoms with Gasteiger partial charge in [0.05, 0.1) is 16.4 Å². The molecule has 0 fully saturated rings. The number of sulfone groups is 1. The van der Waals surface area contributed by atoms with Crippen LogP contribution in [0, 0.1) is 0 Å². The molecule has 0 unspecified atom stereocenters. The van der Waals surface area contributed by atoms with E-state index in [4.69, 9.17) is 0 Å². The average Bonchev–Trinajstić information content (AvgIpc) is 2.43. The van der Waals surface area contributed by atoms with Crippen LogP contribution >= 0.6 is 0 Å². The van der Waals surface area contributed by atoms with Gasteiger partial charge in [0, 0.05) is 6.54 Å². The van der Waals surface area contributed by atoms with E-state index in [1.165, 1.54) is 0 Å². The maximum absolute atomic E-state index is 11.9. The van der Waals surface area contributed by atoms with Crippen LogP contribution in [0.3, 0.4) is 0 Å². The maximum Gasteiger partial charge on any atom is 0.211 e. The van der Waals surface area contributed by atoms with Crippen LogP contribution in [0.25, 0.3) is 0 Å². The molecule has 0 atom stereocenters. The molecule has 0 aliphatic carbocycles. The van der Waals surface area contributed by atoms with Crippen molar-refractivity contribution in [3.63, 3.8) is 0 Å². The van der Waals surface area contributed by atoms with Gasteiger partial charge in [-0.25, -0.2) is 21.6 Å². The van der Waals surface area contributed by atoms with Crippen LogP contribution in [0.2, 0.25) is 0 Å². The first-order valence-electron chi connectivity index (χ1n) is 7.16. The Hall–Kier alpha value is -0.920. The van der Waals surface area contributed by atoms with Crippen LogP contribution < -0.4 is 4.72 Å². The molecular formula is C14H21NO4S2. The van der Waals surface area contributed by atoms with Gasteiger partial charge in [0.1, 0.15) is 0 Å². The van der Waals surface area contributed by atoms with Crippen molar-refractivity contribution in [2.24, 2.45) is 0 Å². The zero-order valence-corrected chi connectivity index (χ0v) is 13.8. The van der Waals surface area contributed by atoms with Crippen molar-refractivity contribution in [2.75, 3.05) is 11.5 Å². The summed E-state index contributed by atoms with van der Waals surface area (Å²) in [5.41, 5.74) is 1.59. The average molecular weight is 331 g/mol. The maximum atomic E-state index is 11.9. The molecule has 0 radical (unpaired) electrons. The van der Waals surface area contributed by atoms with Crippen molar-refractivity contribution in [3.05, 3.63) is 29.3 Å². The highest BCUT2D eigenvalue weighted by Crippen LogP contribution is 2.25. The van der Waals surface area contributed by atoms with E-state index in [-0.39, 0.29) is 18.1 Å². The monoisotopic (exact) mass is 331 g/mol. The summed E-state index contributed by atoms with van der Waals surface area (Å²) >= 11 is 0. The Morgan fingerprint density at radius 1 is 1.29 bits per heavy atom. The molecule has 0 amide bonds. The molecule has 0 spiro atoms. The smallest absolute Gasteiger partial charge is 0.211 e. The minimum Gasteiger partial charge on any atom is -0.224 e. The van der Waals surface area contributed by atoms with E-state index in [0.717, 1.165) is 24.0 Å². The third kappa shape index (κ3) is 4.28. The van der Waals surface area contributed by atoms with Crippen molar-refractivity contribution in [3.8, 4) is 0 Å². The van der Waals surface area contributed by atoms with Crippen LogP contribution in [0.15, 0.2) is 23.1 Å². The highest BCUT2D eigenvalue weighted by molar-refractivity contribution is 7.91. The Kier molecular flexibility index (Phi) is 5.06. The lowest BCUT2D eigenvalue weighted by Crippen LogP contribution is -2.26. The molecule has 1 heterocycles. The number of hydrogen-bond acceptors (Lipinski definition) is 4. The first-order valence-corrected chi connectivity index (χ1v) is 10.5. The van der Waals surface area contributed by atoms with Gasteiger partial charge in [-0.15, -0.1) is 0 Å². The second-order valence-electron chi connectivity index (χ2n) is 5.36. The van der Waals surface area contributed by atoms with Crippen LogP contribution in [0.5, 0.6) is 0 Å². The SMILES string of the molecule is CCCCS(=O)(=O)NCc1ccc2c(c1)CCCS2(=O)=O. The first-order chi connectivity index (χ1) is 9.84. The quantitative estimate of drug-likeness (QED) is 0.859. The zero-order valence-electron chi connectivity index (χ0n) is 12.1. The molecule has 0 aromatic heterocycles. The highest BCUT2D eigenvalue weighted by Gasteiger charge is 2.23. The number of sulfonamides is 1. The van der Waals surface area contributed by atoms with E-state index < -0.39 is 19.9 Å². The van der Waals surface area contributed by atoms with Crippen LogP contribution in [-0.4, -0.2) is 28.3 Å². The summed E-state index contributed by atoms with van der Waals surface area (Å²) in [6.45, 7) is 2.15. The van der Waals surface area contributed by atoms with Gasteiger partial charge in [-0.2, -0.15) is 0 Å². The molecule has 1 aliphatic rings. The summed E-state index contributed by atoms with van der Waals surface area (Å²) in [7, 11) is -6.41. The molecule has 21 heavy (non-hydrogen) atoms. The molecule has 2 rings (SSSR count). The van der Waals surface area contributed by atoms with E-state index in [2.05, 4.69) is 4.72 Å². The minimum absolute atomic E-state index is 0.128. The molecule has 7 heteroatoms. The third-order valence-corrected chi connectivity index (χ3v) is 6.89. The molecule has 1 N–H and O–H groups in total. The second-order valence-corrected chi connectivity index (χ2v) is 9.36. The molecule has 5 nitrogen and oxygen atoms in total. The molecule has 1 aliphatic heterocycles. The Bertz CT molecular complexity index is 708. The topological polar surface area (TPSA) is 80.3 Å². The van der Waals surface area contributed by atoms with Crippen LogP contribution in [0.4, 0.5) is 0 Å². The molecule has 0 saturated carbocycles. The Morgan fingerprint density at radius 2 is 2.05 bits per heavy atom. The summed E-state index contributed by atoms with van der Waals surface area (Å²) in [5.74, 6) is 0.325. The lowest BCUT2D eigenvalue weighted by molar-refractivity contribution is 0.576. The fraction of sp³-hybridized carbons (Fsp3) is 0.571. The number of benzene rings is 1. The highest BCUT2D eigenvalue weighted by atomic mass is 32.2. The van der Waals surface area contributed by atoms with Gasteiger partial charge in [0.2, 0.25) is 10.0 Å². The van der Waals surface area contributed by atoms with Crippen LogP contribution in [-0.2, 0) is 32.8 Å². The second kappa shape index (κ2) is 6.46. The zero-order chi connectivity index (χ0) is 15.5. The fourth-order valence-electron chi connectivity index (χ4n) is 2.40. The predicted octanol–water partition coefficient (Wildman–Crippen LogP) is 1.63. The van der Waals surface area contributed by atoms with Gasteiger partial charge in [-0.05, 0) is 36.5 Å². The third-order valence-electron chi connectivity index (χ3n) is 3.58. The van der Waals surface area contributed by atoms with Gasteiger partial charge in [-0.1, -0.05) is 25.5 Å². The normalized spacial score (nSPS) is 17.4. The number of nitrogens with one attached hydrogen (secondary N) is 1. The predicted molar refractivity (Wildman–Crippen MR) is 82.4 cm³/mol. The van der Waals surface area contributed by atoms with E-state index in [9.17, 15) is 16.8 Å². The number of aryl methyl sites for hydroxylation is 1. The van der Waals surface area contributed by atoms with E-state index in [1.807, 2.05) is 6.92 Å². The molecule has 118 valence electrons. The van der Waals surface area contributed by atoms with E-state index in [0.29, 0.717) is 17.7 Å². The molecular weight excluding hydrogens is 310 g/mol. The van der Waals surface area contributed by atoms with Crippen LogP contribution in [0.1, 0.15) is 37.3 Å². The van der Waals surface area contributed by atoms with E-state index >= 15 is 0 Å². The molecule has 1 aromatic carbocycles. The van der Waals surface area contributed by atoms with Gasteiger partial charge in [0.15, 0.2) is 9.84 Å². The standard InChI is InChI=1S/C14H21NO4S2/c1-2-3-9-21(18,19)15-11-12-6-7-14-13(10-12)5-4-8-20(14,16)17/h6-7,10,15H,2-5,8-9,11H2,1H3. The summed E-state index contributed by atoms with van der Waals surface area (Å²) in [4.78, 5) is 0.395. The van der Waals surface area contributed by atoms with Gasteiger partial charge >= 0.3 is 0 Å². The summed E-state index contributed by atoms with van der Waals surface area (Å²) < 4.78 is 49.9. The van der Waals surface area contributed by atoms with Gasteiger partial charge in [-0.3, -0.25) is 0 Å². The summed E-state index contributed by atoms with van der Waals surface area (Å²) in [6.07, 6.45) is 2.82. The van der Waals surface area contributed by atoms with Gasteiger partial charge < -0.3 is 0 Å². The molecule has 0 saturated heterocycles. The molecule has 1 aromatic rings. The van der Waals surface area contributed by atoms with Gasteiger partial charge in [0.25, 0.3) is 0 Å². The Labute approximate surface area is 126 Å². The lowest BCUT2D eigenvalue weighted by Gasteiger charge is -2.17. The Morgan fingerprint density at radius 3 is 2.76 bits per heavy atom. The number of hydrogen-bond donors (Lipinski definition) is 1. The van der Waals surface area contributed by atoms with Crippen molar-refractivity contribution in [1.82, 2.24) is 4.72 Å².